The van der Waals surface area contributed by atoms with Gasteiger partial charge >= 0.3 is 0 Å². The topological polar surface area (TPSA) is 71.2 Å². The molecule has 5 nitrogen and oxygen atoms in total. The summed E-state index contributed by atoms with van der Waals surface area (Å²) >= 11 is 2.00. The summed E-state index contributed by atoms with van der Waals surface area (Å²) < 4.78 is 0. The average molecular weight is 266 g/mol. The maximum Gasteiger partial charge on any atom is 0.252 e. The van der Waals surface area contributed by atoms with Gasteiger partial charge in [-0.3, -0.25) is 9.69 Å². The van der Waals surface area contributed by atoms with Crippen molar-refractivity contribution < 1.29 is 4.79 Å². The number of carbonyl (C=O) groups excluding carboxylic acids is 1. The maximum atomic E-state index is 11.2. The number of primary amides is 1. The van der Waals surface area contributed by atoms with E-state index in [4.69, 9.17) is 5.73 Å². The highest BCUT2D eigenvalue weighted by atomic mass is 32.2. The summed E-state index contributed by atoms with van der Waals surface area (Å²) in [5.41, 5.74) is 5.75. The van der Waals surface area contributed by atoms with Crippen molar-refractivity contribution in [1.29, 1.82) is 0 Å². The number of aromatic nitrogens is 1. The number of nitrogens with zero attached hydrogens (tertiary/aromatic N) is 2. The van der Waals surface area contributed by atoms with Crippen LogP contribution in [0.1, 0.15) is 10.4 Å². The summed E-state index contributed by atoms with van der Waals surface area (Å²) in [6.07, 6.45) is 1.66. The molecule has 98 valence electrons. The third-order valence-electron chi connectivity index (χ3n) is 2.90. The Hall–Kier alpha value is -1.27. The number of hydrogen-bond acceptors (Lipinski definition) is 5. The molecule has 2 rings (SSSR count). The van der Waals surface area contributed by atoms with E-state index in [0.717, 1.165) is 26.2 Å². The predicted molar refractivity (Wildman–Crippen MR) is 75.0 cm³/mol. The van der Waals surface area contributed by atoms with E-state index in [-0.39, 0.29) is 0 Å². The number of pyridine rings is 1. The predicted octanol–water partition coefficient (Wildman–Crippen LogP) is 0.641. The fourth-order valence-electron chi connectivity index (χ4n) is 1.90. The standard InChI is InChI=1S/C12H18N4OS/c13-11(17)10-2-1-3-14-12(10)15-4-5-16-6-8-18-9-7-16/h1-3H,4-9H2,(H2,13,17)(H,14,15). The molecule has 0 aliphatic carbocycles. The van der Waals surface area contributed by atoms with Crippen LogP contribution in [-0.2, 0) is 0 Å². The molecule has 2 heterocycles. The lowest BCUT2D eigenvalue weighted by molar-refractivity contribution is 0.100. The number of rotatable bonds is 5. The highest BCUT2D eigenvalue weighted by Crippen LogP contribution is 2.11. The molecule has 1 saturated heterocycles. The van der Waals surface area contributed by atoms with Crippen molar-refractivity contribution in [3.8, 4) is 0 Å². The molecule has 0 saturated carbocycles. The van der Waals surface area contributed by atoms with Crippen LogP contribution in [-0.4, -0.2) is 53.5 Å². The zero-order valence-corrected chi connectivity index (χ0v) is 11.1. The zero-order valence-electron chi connectivity index (χ0n) is 10.3. The minimum absolute atomic E-state index is 0.444. The molecule has 1 fully saturated rings. The summed E-state index contributed by atoms with van der Waals surface area (Å²) in [5.74, 6) is 2.54. The first kappa shape index (κ1) is 13.2. The van der Waals surface area contributed by atoms with Crippen LogP contribution in [0, 0.1) is 0 Å². The second-order valence-corrected chi connectivity index (χ2v) is 5.37. The van der Waals surface area contributed by atoms with Crippen molar-refractivity contribution >= 4 is 23.5 Å². The first-order valence-corrected chi connectivity index (χ1v) is 7.21. The summed E-state index contributed by atoms with van der Waals surface area (Å²) in [7, 11) is 0. The largest absolute Gasteiger partial charge is 0.368 e. The monoisotopic (exact) mass is 266 g/mol. The highest BCUT2D eigenvalue weighted by Gasteiger charge is 2.11. The molecule has 3 N–H and O–H groups in total. The first-order valence-electron chi connectivity index (χ1n) is 6.06. The number of nitrogens with two attached hydrogens (primary N) is 1. The number of carbonyl (C=O) groups is 1. The van der Waals surface area contributed by atoms with Gasteiger partial charge in [-0.25, -0.2) is 4.98 Å². The van der Waals surface area contributed by atoms with E-state index in [1.807, 2.05) is 11.8 Å². The van der Waals surface area contributed by atoms with Gasteiger partial charge < -0.3 is 11.1 Å². The van der Waals surface area contributed by atoms with Gasteiger partial charge in [-0.05, 0) is 12.1 Å². The SMILES string of the molecule is NC(=O)c1cccnc1NCCN1CCSCC1. The molecule has 18 heavy (non-hydrogen) atoms. The second kappa shape index (κ2) is 6.61. The Morgan fingerprint density at radius 1 is 1.50 bits per heavy atom. The molecule has 0 radical (unpaired) electrons. The summed E-state index contributed by atoms with van der Waals surface area (Å²) in [4.78, 5) is 17.8. The van der Waals surface area contributed by atoms with E-state index in [1.54, 1.807) is 18.3 Å². The van der Waals surface area contributed by atoms with E-state index >= 15 is 0 Å². The van der Waals surface area contributed by atoms with Crippen molar-refractivity contribution in [2.24, 2.45) is 5.73 Å². The molecular weight excluding hydrogens is 248 g/mol. The van der Waals surface area contributed by atoms with E-state index in [2.05, 4.69) is 15.2 Å². The highest BCUT2D eigenvalue weighted by molar-refractivity contribution is 7.99. The quantitative estimate of drug-likeness (QED) is 0.818. The van der Waals surface area contributed by atoms with Crippen LogP contribution in [0.5, 0.6) is 0 Å². The van der Waals surface area contributed by atoms with Crippen LogP contribution >= 0.6 is 11.8 Å². The molecule has 0 bridgehead atoms. The van der Waals surface area contributed by atoms with E-state index in [9.17, 15) is 4.79 Å². The number of nitrogens with one attached hydrogen (secondary N) is 1. The molecule has 1 amide bonds. The summed E-state index contributed by atoms with van der Waals surface area (Å²) in [5, 5.41) is 3.18. The van der Waals surface area contributed by atoms with Gasteiger partial charge in [-0.1, -0.05) is 0 Å². The lowest BCUT2D eigenvalue weighted by atomic mass is 10.2. The average Bonchev–Trinajstić information content (AvgIpc) is 2.40. The minimum atomic E-state index is -0.444. The van der Waals surface area contributed by atoms with Gasteiger partial charge in [-0.2, -0.15) is 11.8 Å². The van der Waals surface area contributed by atoms with Gasteiger partial charge in [-0.15, -0.1) is 0 Å². The van der Waals surface area contributed by atoms with Crippen molar-refractivity contribution in [1.82, 2.24) is 9.88 Å². The third-order valence-corrected chi connectivity index (χ3v) is 3.84. The third kappa shape index (κ3) is 3.61. The lowest BCUT2D eigenvalue weighted by Crippen LogP contribution is -2.36. The molecule has 1 aromatic heterocycles. The Labute approximate surface area is 111 Å². The Bertz CT molecular complexity index is 407. The number of thioether (sulfide) groups is 1. The first-order chi connectivity index (χ1) is 8.77. The lowest BCUT2D eigenvalue weighted by Gasteiger charge is -2.26. The molecule has 0 unspecified atom stereocenters. The van der Waals surface area contributed by atoms with Crippen LogP contribution in [0.3, 0.4) is 0 Å². The molecule has 1 aromatic rings. The van der Waals surface area contributed by atoms with Crippen molar-refractivity contribution in [3.63, 3.8) is 0 Å². The fraction of sp³-hybridized carbons (Fsp3) is 0.500. The van der Waals surface area contributed by atoms with E-state index in [1.165, 1.54) is 11.5 Å². The number of amides is 1. The van der Waals surface area contributed by atoms with Crippen LogP contribution in [0.15, 0.2) is 18.3 Å². The second-order valence-electron chi connectivity index (χ2n) is 4.14. The van der Waals surface area contributed by atoms with Crippen LogP contribution in [0.25, 0.3) is 0 Å². The van der Waals surface area contributed by atoms with Gasteiger partial charge in [0.05, 0.1) is 5.56 Å². The molecule has 0 aromatic carbocycles. The van der Waals surface area contributed by atoms with Gasteiger partial charge in [0.25, 0.3) is 5.91 Å². The van der Waals surface area contributed by atoms with Crippen molar-refractivity contribution in [3.05, 3.63) is 23.9 Å². The molecule has 0 spiro atoms. The van der Waals surface area contributed by atoms with E-state index < -0.39 is 5.91 Å². The van der Waals surface area contributed by atoms with Crippen LogP contribution in [0.2, 0.25) is 0 Å². The zero-order chi connectivity index (χ0) is 12.8. The Morgan fingerprint density at radius 2 is 2.28 bits per heavy atom. The minimum Gasteiger partial charge on any atom is -0.368 e. The van der Waals surface area contributed by atoms with Crippen LogP contribution < -0.4 is 11.1 Å². The van der Waals surface area contributed by atoms with Crippen LogP contribution in [0.4, 0.5) is 5.82 Å². The number of hydrogen-bond donors (Lipinski definition) is 2. The van der Waals surface area contributed by atoms with Gasteiger partial charge in [0, 0.05) is 43.9 Å². The van der Waals surface area contributed by atoms with Gasteiger partial charge in [0.2, 0.25) is 0 Å². The van der Waals surface area contributed by atoms with Crippen molar-refractivity contribution in [2.45, 2.75) is 0 Å². The Kier molecular flexibility index (Phi) is 4.83. The van der Waals surface area contributed by atoms with Gasteiger partial charge in [0.15, 0.2) is 0 Å². The molecule has 0 atom stereocenters. The Morgan fingerprint density at radius 3 is 3.00 bits per heavy atom. The molecular formula is C12H18N4OS. The number of anilines is 1. The van der Waals surface area contributed by atoms with Gasteiger partial charge in [0.1, 0.15) is 5.82 Å². The Balaban J connectivity index is 1.84. The molecule has 6 heteroatoms. The smallest absolute Gasteiger partial charge is 0.252 e. The molecule has 1 aliphatic heterocycles. The summed E-state index contributed by atoms with van der Waals surface area (Å²) in [6, 6.07) is 3.41. The normalized spacial score (nSPS) is 16.4. The summed E-state index contributed by atoms with van der Waals surface area (Å²) in [6.45, 7) is 4.02. The fourth-order valence-corrected chi connectivity index (χ4v) is 2.88. The van der Waals surface area contributed by atoms with Crippen molar-refractivity contribution in [2.75, 3.05) is 43.0 Å². The maximum absolute atomic E-state index is 11.2. The molecule has 1 aliphatic rings. The van der Waals surface area contributed by atoms with E-state index in [0.29, 0.717) is 11.4 Å².